The van der Waals surface area contributed by atoms with Crippen LogP contribution in [0.25, 0.3) is 44.2 Å². The zero-order valence-corrected chi connectivity index (χ0v) is 18.6. The Morgan fingerprint density at radius 3 is 2.64 bits per heavy atom. The zero-order chi connectivity index (χ0) is 21.9. The number of pyridine rings is 1. The molecule has 0 amide bonds. The van der Waals surface area contributed by atoms with Crippen LogP contribution in [0.1, 0.15) is 12.0 Å². The molecule has 5 aromatic rings. The molecule has 0 radical (unpaired) electrons. The van der Waals surface area contributed by atoms with E-state index in [1.807, 2.05) is 18.6 Å². The summed E-state index contributed by atoms with van der Waals surface area (Å²) in [5.41, 5.74) is 7.98. The van der Waals surface area contributed by atoms with Gasteiger partial charge in [-0.2, -0.15) is 5.10 Å². The van der Waals surface area contributed by atoms with Crippen LogP contribution < -0.4 is 0 Å². The van der Waals surface area contributed by atoms with Crippen LogP contribution in [0.2, 0.25) is 0 Å². The Kier molecular flexibility index (Phi) is 4.19. The molecule has 3 aromatic heterocycles. The SMILES string of the molecule is CN1CC2CC(C1)N2Cc1ccc(-c2cnc3[nH]cc(-c4cccc5[nH]ncc45)c3c2)cc1. The van der Waals surface area contributed by atoms with Crippen LogP contribution in [0.4, 0.5) is 0 Å². The summed E-state index contributed by atoms with van der Waals surface area (Å²) in [6.07, 6.45) is 7.27. The summed E-state index contributed by atoms with van der Waals surface area (Å²) in [4.78, 5) is 13.2. The van der Waals surface area contributed by atoms with Gasteiger partial charge in [0.2, 0.25) is 0 Å². The first-order chi connectivity index (χ1) is 16.2. The Bertz CT molecular complexity index is 1450. The Hall–Kier alpha value is -3.48. The van der Waals surface area contributed by atoms with E-state index in [2.05, 4.69) is 80.6 Å². The number of aromatic nitrogens is 4. The third kappa shape index (κ3) is 3.09. The Morgan fingerprint density at radius 2 is 1.79 bits per heavy atom. The van der Waals surface area contributed by atoms with E-state index in [1.165, 1.54) is 30.6 Å². The lowest BCUT2D eigenvalue weighted by Gasteiger charge is -2.56. The minimum atomic E-state index is 0.728. The van der Waals surface area contributed by atoms with Crippen LogP contribution >= 0.6 is 0 Å². The number of nitrogens with zero attached hydrogens (tertiary/aromatic N) is 4. The highest BCUT2D eigenvalue weighted by Crippen LogP contribution is 2.35. The number of piperazine rings is 1. The molecule has 0 saturated carbocycles. The number of aromatic amines is 2. The number of nitrogens with one attached hydrogen (secondary N) is 2. The molecule has 0 spiro atoms. The monoisotopic (exact) mass is 434 g/mol. The molecular formula is C27H26N6. The van der Waals surface area contributed by atoms with Gasteiger partial charge >= 0.3 is 0 Å². The van der Waals surface area contributed by atoms with Gasteiger partial charge in [-0.3, -0.25) is 10.00 Å². The van der Waals surface area contributed by atoms with Crippen molar-refractivity contribution in [1.29, 1.82) is 0 Å². The maximum atomic E-state index is 4.72. The Labute approximate surface area is 192 Å². The van der Waals surface area contributed by atoms with E-state index in [9.17, 15) is 0 Å². The van der Waals surface area contributed by atoms with Crippen LogP contribution in [-0.4, -0.2) is 62.2 Å². The van der Waals surface area contributed by atoms with Crippen molar-refractivity contribution in [2.45, 2.75) is 25.0 Å². The number of H-pyrrole nitrogens is 2. The lowest BCUT2D eigenvalue weighted by Crippen LogP contribution is -2.67. The molecule has 164 valence electrons. The molecule has 6 heteroatoms. The second-order valence-corrected chi connectivity index (χ2v) is 9.59. The second kappa shape index (κ2) is 7.27. The molecule has 3 aliphatic heterocycles. The highest BCUT2D eigenvalue weighted by molar-refractivity contribution is 6.04. The fourth-order valence-electron chi connectivity index (χ4n) is 5.76. The number of piperidine rings is 1. The van der Waals surface area contributed by atoms with Crippen molar-refractivity contribution in [2.75, 3.05) is 20.1 Å². The van der Waals surface area contributed by atoms with Gasteiger partial charge in [-0.25, -0.2) is 4.98 Å². The minimum absolute atomic E-state index is 0.728. The molecule has 33 heavy (non-hydrogen) atoms. The van der Waals surface area contributed by atoms with Crippen LogP contribution in [0.3, 0.4) is 0 Å². The van der Waals surface area contributed by atoms with Crippen molar-refractivity contribution in [2.24, 2.45) is 0 Å². The van der Waals surface area contributed by atoms with Crippen molar-refractivity contribution < 1.29 is 0 Å². The molecule has 6 nitrogen and oxygen atoms in total. The highest BCUT2D eigenvalue weighted by atomic mass is 15.3. The van der Waals surface area contributed by atoms with E-state index in [0.29, 0.717) is 0 Å². The van der Waals surface area contributed by atoms with Crippen LogP contribution in [0.15, 0.2) is 67.1 Å². The van der Waals surface area contributed by atoms with Crippen molar-refractivity contribution >= 4 is 21.9 Å². The van der Waals surface area contributed by atoms with E-state index in [4.69, 9.17) is 4.98 Å². The highest BCUT2D eigenvalue weighted by Gasteiger charge is 2.43. The zero-order valence-electron chi connectivity index (χ0n) is 18.6. The average molecular weight is 435 g/mol. The van der Waals surface area contributed by atoms with Gasteiger partial charge in [0, 0.05) is 66.0 Å². The molecule has 2 atom stereocenters. The lowest BCUT2D eigenvalue weighted by atomic mass is 9.87. The first-order valence-electron chi connectivity index (χ1n) is 11.7. The standard InChI is InChI=1S/C27H26N6/c1-32-15-20-10-21(16-32)33(20)14-17-5-7-18(8-6-17)19-9-23-24(12-29-27(23)28-11-19)22-3-2-4-26-25(22)13-30-31-26/h2-9,11-13,20-21H,10,14-16H2,1H3,(H,28,29)(H,30,31). The molecular weight excluding hydrogens is 408 g/mol. The third-order valence-corrected chi connectivity index (χ3v) is 7.49. The largest absolute Gasteiger partial charge is 0.346 e. The molecule has 0 aliphatic carbocycles. The molecule has 2 N–H and O–H groups in total. The molecule has 2 bridgehead atoms. The average Bonchev–Trinajstić information content (AvgIpc) is 3.49. The van der Waals surface area contributed by atoms with E-state index < -0.39 is 0 Å². The number of hydrogen-bond donors (Lipinski definition) is 2. The van der Waals surface area contributed by atoms with Gasteiger partial charge in [-0.1, -0.05) is 36.4 Å². The molecule has 3 aliphatic rings. The first kappa shape index (κ1) is 19.0. The van der Waals surface area contributed by atoms with Gasteiger partial charge in [0.05, 0.1) is 11.7 Å². The number of hydrogen-bond acceptors (Lipinski definition) is 4. The van der Waals surface area contributed by atoms with Gasteiger partial charge in [0.1, 0.15) is 5.65 Å². The predicted molar refractivity (Wildman–Crippen MR) is 132 cm³/mol. The quantitative estimate of drug-likeness (QED) is 0.432. The van der Waals surface area contributed by atoms with Gasteiger partial charge in [0.25, 0.3) is 0 Å². The summed E-state index contributed by atoms with van der Waals surface area (Å²) in [6.45, 7) is 3.45. The number of likely N-dealkylation sites (N-methyl/N-ethyl adjacent to an activating group) is 1. The summed E-state index contributed by atoms with van der Waals surface area (Å²) >= 11 is 0. The molecule has 3 fully saturated rings. The fraction of sp³-hybridized carbons (Fsp3) is 0.259. The molecule has 8 rings (SSSR count). The minimum Gasteiger partial charge on any atom is -0.346 e. The Morgan fingerprint density at radius 1 is 0.939 bits per heavy atom. The van der Waals surface area contributed by atoms with Crippen molar-refractivity contribution in [3.05, 3.63) is 72.7 Å². The first-order valence-corrected chi connectivity index (χ1v) is 11.7. The van der Waals surface area contributed by atoms with Gasteiger partial charge in [-0.05, 0) is 42.3 Å². The summed E-state index contributed by atoms with van der Waals surface area (Å²) in [5.74, 6) is 0. The summed E-state index contributed by atoms with van der Waals surface area (Å²) in [5, 5.41) is 9.54. The summed E-state index contributed by atoms with van der Waals surface area (Å²) in [7, 11) is 2.24. The molecule has 3 saturated heterocycles. The van der Waals surface area contributed by atoms with Crippen LogP contribution in [0.5, 0.6) is 0 Å². The number of fused-ring (bicyclic) bond motifs is 4. The van der Waals surface area contributed by atoms with E-state index in [0.717, 1.165) is 57.3 Å². The van der Waals surface area contributed by atoms with Gasteiger partial charge in [0.15, 0.2) is 0 Å². The van der Waals surface area contributed by atoms with Crippen molar-refractivity contribution in [3.8, 4) is 22.3 Å². The lowest BCUT2D eigenvalue weighted by molar-refractivity contribution is -0.0668. The third-order valence-electron chi connectivity index (χ3n) is 7.49. The maximum Gasteiger partial charge on any atom is 0.137 e. The Balaban J connectivity index is 1.19. The predicted octanol–water partition coefficient (Wildman–Crippen LogP) is 4.66. The normalized spacial score (nSPS) is 21.0. The topological polar surface area (TPSA) is 63.8 Å². The second-order valence-electron chi connectivity index (χ2n) is 9.59. The number of benzene rings is 2. The van der Waals surface area contributed by atoms with Crippen molar-refractivity contribution in [1.82, 2.24) is 30.0 Å². The van der Waals surface area contributed by atoms with Crippen LogP contribution in [0, 0.1) is 0 Å². The summed E-state index contributed by atoms with van der Waals surface area (Å²) < 4.78 is 0. The molecule has 2 unspecified atom stereocenters. The molecule has 2 aromatic carbocycles. The smallest absolute Gasteiger partial charge is 0.137 e. The van der Waals surface area contributed by atoms with E-state index in [1.54, 1.807) is 0 Å². The number of rotatable bonds is 4. The van der Waals surface area contributed by atoms with Crippen LogP contribution in [-0.2, 0) is 6.54 Å². The van der Waals surface area contributed by atoms with Gasteiger partial charge in [-0.15, -0.1) is 0 Å². The summed E-state index contributed by atoms with van der Waals surface area (Å²) in [6, 6.07) is 19.0. The van der Waals surface area contributed by atoms with Crippen molar-refractivity contribution in [3.63, 3.8) is 0 Å². The fourth-order valence-corrected chi connectivity index (χ4v) is 5.76. The van der Waals surface area contributed by atoms with E-state index in [-0.39, 0.29) is 0 Å². The maximum absolute atomic E-state index is 4.72. The van der Waals surface area contributed by atoms with Gasteiger partial charge < -0.3 is 9.88 Å². The van der Waals surface area contributed by atoms with E-state index >= 15 is 0 Å². The molecule has 6 heterocycles.